The summed E-state index contributed by atoms with van der Waals surface area (Å²) < 4.78 is 31.2. The second-order valence-corrected chi connectivity index (χ2v) is 6.16. The quantitative estimate of drug-likeness (QED) is 0.869. The van der Waals surface area contributed by atoms with E-state index in [1.807, 2.05) is 0 Å². The minimum absolute atomic E-state index is 0.143. The molecule has 28 heavy (non-hydrogen) atoms. The van der Waals surface area contributed by atoms with Crippen LogP contribution in [0.4, 0.5) is 25.0 Å². The Balaban J connectivity index is 1.58. The standard InChI is InChI=1S/C19H20F2N4O3/c1-2-28-19(27)25-9-7-24(8-10-25)14-4-6-17(22-12-14)18(26)23-13-3-5-15(20)16(21)11-13/h3-6,11-12H,2,7-10H2,1H3,(H,23,26). The van der Waals surface area contributed by atoms with E-state index in [4.69, 9.17) is 4.74 Å². The summed E-state index contributed by atoms with van der Waals surface area (Å²) >= 11 is 0. The lowest BCUT2D eigenvalue weighted by molar-refractivity contribution is 0.101. The topological polar surface area (TPSA) is 74.8 Å². The number of anilines is 2. The third-order valence-electron chi connectivity index (χ3n) is 4.33. The molecule has 1 aromatic carbocycles. The van der Waals surface area contributed by atoms with Crippen LogP contribution in [0.5, 0.6) is 0 Å². The normalized spacial score (nSPS) is 14.0. The molecule has 2 heterocycles. The zero-order chi connectivity index (χ0) is 20.1. The van der Waals surface area contributed by atoms with Gasteiger partial charge in [0.15, 0.2) is 11.6 Å². The molecule has 1 aliphatic rings. The zero-order valence-electron chi connectivity index (χ0n) is 15.3. The molecule has 0 bridgehead atoms. The third-order valence-corrected chi connectivity index (χ3v) is 4.33. The number of pyridine rings is 1. The predicted octanol–water partition coefficient (Wildman–Crippen LogP) is 2.89. The first kappa shape index (κ1) is 19.5. The van der Waals surface area contributed by atoms with Crippen LogP contribution in [0.2, 0.25) is 0 Å². The second kappa shape index (κ2) is 8.64. The maximum atomic E-state index is 13.2. The van der Waals surface area contributed by atoms with Crippen LogP contribution in [0.3, 0.4) is 0 Å². The Morgan fingerprint density at radius 1 is 1.11 bits per heavy atom. The first-order chi connectivity index (χ1) is 13.5. The highest BCUT2D eigenvalue weighted by atomic mass is 19.2. The van der Waals surface area contributed by atoms with E-state index >= 15 is 0 Å². The summed E-state index contributed by atoms with van der Waals surface area (Å²) in [5.41, 5.74) is 1.12. The Morgan fingerprint density at radius 2 is 1.86 bits per heavy atom. The molecule has 0 atom stereocenters. The Labute approximate surface area is 160 Å². The van der Waals surface area contributed by atoms with Gasteiger partial charge < -0.3 is 19.9 Å². The maximum absolute atomic E-state index is 13.2. The average Bonchev–Trinajstić information content (AvgIpc) is 2.71. The Morgan fingerprint density at radius 3 is 2.46 bits per heavy atom. The van der Waals surface area contributed by atoms with Crippen molar-refractivity contribution in [1.82, 2.24) is 9.88 Å². The van der Waals surface area contributed by atoms with E-state index in [1.54, 1.807) is 30.2 Å². The fourth-order valence-electron chi connectivity index (χ4n) is 2.84. The van der Waals surface area contributed by atoms with Crippen molar-refractivity contribution in [3.8, 4) is 0 Å². The van der Waals surface area contributed by atoms with Crippen molar-refractivity contribution in [3.05, 3.63) is 53.9 Å². The van der Waals surface area contributed by atoms with Crippen molar-refractivity contribution in [1.29, 1.82) is 0 Å². The number of nitrogens with zero attached hydrogens (tertiary/aromatic N) is 3. The molecule has 0 saturated carbocycles. The van der Waals surface area contributed by atoms with Gasteiger partial charge in [-0.2, -0.15) is 0 Å². The summed E-state index contributed by atoms with van der Waals surface area (Å²) in [5, 5.41) is 2.48. The molecule has 7 nitrogen and oxygen atoms in total. The molecular weight excluding hydrogens is 370 g/mol. The van der Waals surface area contributed by atoms with E-state index in [0.29, 0.717) is 32.8 Å². The van der Waals surface area contributed by atoms with Gasteiger partial charge in [-0.25, -0.2) is 18.6 Å². The lowest BCUT2D eigenvalue weighted by Crippen LogP contribution is -2.49. The summed E-state index contributed by atoms with van der Waals surface area (Å²) in [6.45, 7) is 4.44. The number of amides is 2. The molecule has 0 spiro atoms. The summed E-state index contributed by atoms with van der Waals surface area (Å²) in [4.78, 5) is 31.8. The van der Waals surface area contributed by atoms with Gasteiger partial charge in [-0.05, 0) is 31.2 Å². The molecule has 1 saturated heterocycles. The number of rotatable bonds is 4. The van der Waals surface area contributed by atoms with Gasteiger partial charge in [-0.15, -0.1) is 0 Å². The van der Waals surface area contributed by atoms with Crippen molar-refractivity contribution in [2.45, 2.75) is 6.92 Å². The van der Waals surface area contributed by atoms with Gasteiger partial charge in [-0.1, -0.05) is 0 Å². The number of benzene rings is 1. The van der Waals surface area contributed by atoms with Crippen molar-refractivity contribution in [2.24, 2.45) is 0 Å². The average molecular weight is 390 g/mol. The predicted molar refractivity (Wildman–Crippen MR) is 99.4 cm³/mol. The number of halogens is 2. The minimum atomic E-state index is -1.04. The minimum Gasteiger partial charge on any atom is -0.450 e. The number of ether oxygens (including phenoxy) is 1. The van der Waals surface area contributed by atoms with Crippen LogP contribution in [-0.2, 0) is 4.74 Å². The fourth-order valence-corrected chi connectivity index (χ4v) is 2.84. The van der Waals surface area contributed by atoms with Gasteiger partial charge in [0.25, 0.3) is 5.91 Å². The monoisotopic (exact) mass is 390 g/mol. The fraction of sp³-hybridized carbons (Fsp3) is 0.316. The van der Waals surface area contributed by atoms with Crippen LogP contribution in [0, 0.1) is 11.6 Å². The first-order valence-electron chi connectivity index (χ1n) is 8.87. The number of nitrogens with one attached hydrogen (secondary N) is 1. The third kappa shape index (κ3) is 4.54. The lowest BCUT2D eigenvalue weighted by Gasteiger charge is -2.35. The van der Waals surface area contributed by atoms with E-state index in [9.17, 15) is 18.4 Å². The molecule has 1 N–H and O–H groups in total. The molecule has 2 amide bonds. The molecule has 3 rings (SSSR count). The molecular formula is C19H20F2N4O3. The highest BCUT2D eigenvalue weighted by molar-refractivity contribution is 6.02. The molecule has 1 fully saturated rings. The van der Waals surface area contributed by atoms with Crippen LogP contribution in [-0.4, -0.2) is 54.7 Å². The van der Waals surface area contributed by atoms with E-state index < -0.39 is 17.5 Å². The highest BCUT2D eigenvalue weighted by Gasteiger charge is 2.22. The van der Waals surface area contributed by atoms with Gasteiger partial charge >= 0.3 is 6.09 Å². The summed E-state index contributed by atoms with van der Waals surface area (Å²) in [6.07, 6.45) is 1.25. The van der Waals surface area contributed by atoms with Crippen molar-refractivity contribution in [2.75, 3.05) is 43.0 Å². The lowest BCUT2D eigenvalue weighted by atomic mass is 10.2. The first-order valence-corrected chi connectivity index (χ1v) is 8.87. The smallest absolute Gasteiger partial charge is 0.409 e. The Kier molecular flexibility index (Phi) is 6.03. The number of carbonyl (C=O) groups excluding carboxylic acids is 2. The van der Waals surface area contributed by atoms with Crippen LogP contribution in [0.15, 0.2) is 36.5 Å². The molecule has 1 aliphatic heterocycles. The molecule has 0 aliphatic carbocycles. The molecule has 0 unspecified atom stereocenters. The number of hydrogen-bond acceptors (Lipinski definition) is 5. The van der Waals surface area contributed by atoms with Crippen LogP contribution < -0.4 is 10.2 Å². The number of carbonyl (C=O) groups is 2. The molecule has 0 radical (unpaired) electrons. The second-order valence-electron chi connectivity index (χ2n) is 6.16. The van der Waals surface area contributed by atoms with Gasteiger partial charge in [0.1, 0.15) is 5.69 Å². The largest absolute Gasteiger partial charge is 0.450 e. The summed E-state index contributed by atoms with van der Waals surface area (Å²) in [7, 11) is 0. The van der Waals surface area contributed by atoms with E-state index in [2.05, 4.69) is 15.2 Å². The highest BCUT2D eigenvalue weighted by Crippen LogP contribution is 2.18. The van der Waals surface area contributed by atoms with E-state index in [1.165, 1.54) is 6.07 Å². The number of hydrogen-bond donors (Lipinski definition) is 1. The Bertz CT molecular complexity index is 853. The number of piperazine rings is 1. The van der Waals surface area contributed by atoms with Crippen molar-refractivity contribution >= 4 is 23.4 Å². The van der Waals surface area contributed by atoms with Crippen molar-refractivity contribution < 1.29 is 23.1 Å². The molecule has 1 aromatic heterocycles. The van der Waals surface area contributed by atoms with Crippen LogP contribution in [0.25, 0.3) is 0 Å². The maximum Gasteiger partial charge on any atom is 0.409 e. The molecule has 148 valence electrons. The van der Waals surface area contributed by atoms with Gasteiger partial charge in [0.05, 0.1) is 18.5 Å². The van der Waals surface area contributed by atoms with Crippen LogP contribution in [0.1, 0.15) is 17.4 Å². The summed E-state index contributed by atoms with van der Waals surface area (Å²) in [5.74, 6) is -2.55. The van der Waals surface area contributed by atoms with Crippen LogP contribution >= 0.6 is 0 Å². The SMILES string of the molecule is CCOC(=O)N1CCN(c2ccc(C(=O)Nc3ccc(F)c(F)c3)nc2)CC1. The van der Waals surface area contributed by atoms with Gasteiger partial charge in [-0.3, -0.25) is 4.79 Å². The summed E-state index contributed by atoms with van der Waals surface area (Å²) in [6, 6.07) is 6.44. The molecule has 9 heteroatoms. The van der Waals surface area contributed by atoms with Gasteiger partial charge in [0.2, 0.25) is 0 Å². The Hall–Kier alpha value is -3.23. The van der Waals surface area contributed by atoms with Crippen molar-refractivity contribution in [3.63, 3.8) is 0 Å². The van der Waals surface area contributed by atoms with E-state index in [0.717, 1.165) is 17.8 Å². The van der Waals surface area contributed by atoms with E-state index in [-0.39, 0.29) is 17.5 Å². The number of aromatic nitrogens is 1. The molecule has 2 aromatic rings. The van der Waals surface area contributed by atoms with Gasteiger partial charge in [0, 0.05) is 37.9 Å². The zero-order valence-corrected chi connectivity index (χ0v) is 15.3.